The Bertz CT molecular complexity index is 391. The van der Waals surface area contributed by atoms with Gasteiger partial charge in [-0.3, -0.25) is 0 Å². The van der Waals surface area contributed by atoms with E-state index in [-0.39, 0.29) is 0 Å². The summed E-state index contributed by atoms with van der Waals surface area (Å²) < 4.78 is 7.41. The SMILES string of the molecule is C=[N+]1CCC2=C(CN3CC(OC)C3)[CH-]C=C[C-]21. The maximum atomic E-state index is 5.30. The van der Waals surface area contributed by atoms with E-state index in [9.17, 15) is 0 Å². The largest absolute Gasteiger partial charge is 0.379 e. The van der Waals surface area contributed by atoms with Crippen molar-refractivity contribution in [1.82, 2.24) is 4.90 Å². The molecule has 0 saturated carbocycles. The predicted octanol–water partition coefficient (Wildman–Crippen LogP) is 1.04. The fraction of sp³-hybridized carbons (Fsp3) is 0.500. The van der Waals surface area contributed by atoms with Crippen LogP contribution in [0.1, 0.15) is 6.42 Å². The highest BCUT2D eigenvalue weighted by atomic mass is 16.5. The molecule has 2 heterocycles. The number of likely N-dealkylation sites (tertiary alicyclic amines) is 1. The number of hydrogen-bond acceptors (Lipinski definition) is 2. The monoisotopic (exact) mass is 231 g/mol. The molecule has 2 aliphatic heterocycles. The summed E-state index contributed by atoms with van der Waals surface area (Å²) in [5.74, 6) is 0. The number of nitrogens with zero attached hydrogens (tertiary/aromatic N) is 2. The van der Waals surface area contributed by atoms with Gasteiger partial charge in [0.2, 0.25) is 0 Å². The highest BCUT2D eigenvalue weighted by molar-refractivity contribution is 5.47. The topological polar surface area (TPSA) is 15.5 Å². The van der Waals surface area contributed by atoms with Crippen LogP contribution in [0.3, 0.4) is 0 Å². The number of ether oxygens (including phenoxy) is 1. The molecule has 2 saturated heterocycles. The van der Waals surface area contributed by atoms with Crippen LogP contribution in [-0.4, -0.2) is 55.6 Å². The zero-order chi connectivity index (χ0) is 11.8. The van der Waals surface area contributed by atoms with Gasteiger partial charge in [0.05, 0.1) is 12.8 Å². The van der Waals surface area contributed by atoms with Crippen LogP contribution < -0.4 is 0 Å². The Labute approximate surface area is 103 Å². The van der Waals surface area contributed by atoms with Crippen LogP contribution in [0.25, 0.3) is 0 Å². The normalized spacial score (nSPS) is 25.0. The van der Waals surface area contributed by atoms with Crippen LogP contribution in [0.15, 0.2) is 23.3 Å². The standard InChI is InChI=1S/C14H19N2O/c1-15-7-6-13-11(4-3-5-14(13)15)8-16-9-12(10-16)17-2/h3-5,12H,1,6-10H2,2H3/q-1. The Morgan fingerprint density at radius 3 is 3.24 bits per heavy atom. The molecule has 0 amide bonds. The van der Waals surface area contributed by atoms with E-state index in [1.165, 1.54) is 17.2 Å². The van der Waals surface area contributed by atoms with Gasteiger partial charge in [-0.05, 0) is 13.0 Å². The van der Waals surface area contributed by atoms with Crippen LogP contribution in [0, 0.1) is 12.5 Å². The number of methoxy groups -OCH3 is 1. The van der Waals surface area contributed by atoms with E-state index in [0.29, 0.717) is 6.10 Å². The van der Waals surface area contributed by atoms with Crippen molar-refractivity contribution in [2.45, 2.75) is 12.5 Å². The molecule has 3 aliphatic rings. The van der Waals surface area contributed by atoms with Gasteiger partial charge in [0, 0.05) is 26.2 Å². The predicted molar refractivity (Wildman–Crippen MR) is 67.8 cm³/mol. The van der Waals surface area contributed by atoms with Crippen molar-refractivity contribution >= 4 is 6.72 Å². The first kappa shape index (κ1) is 10.9. The van der Waals surface area contributed by atoms with Gasteiger partial charge in [0.1, 0.15) is 6.54 Å². The first-order valence-corrected chi connectivity index (χ1v) is 6.22. The van der Waals surface area contributed by atoms with Gasteiger partial charge in [-0.15, -0.1) is 0 Å². The fourth-order valence-electron chi connectivity index (χ4n) is 2.76. The lowest BCUT2D eigenvalue weighted by molar-refractivity contribution is -0.475. The van der Waals surface area contributed by atoms with Crippen molar-refractivity contribution in [1.29, 1.82) is 0 Å². The molecule has 3 heteroatoms. The second kappa shape index (κ2) is 4.24. The Balaban J connectivity index is 1.67. The first-order chi connectivity index (χ1) is 8.28. The van der Waals surface area contributed by atoms with Gasteiger partial charge in [-0.25, -0.2) is 18.1 Å². The van der Waals surface area contributed by atoms with Gasteiger partial charge < -0.3 is 14.2 Å². The van der Waals surface area contributed by atoms with Gasteiger partial charge >= 0.3 is 0 Å². The molecule has 2 fully saturated rings. The third kappa shape index (κ3) is 1.90. The molecule has 0 spiro atoms. The van der Waals surface area contributed by atoms with Crippen LogP contribution in [0.5, 0.6) is 0 Å². The lowest BCUT2D eigenvalue weighted by Crippen LogP contribution is -2.52. The molecular formula is C14H19N2O-. The maximum Gasteiger partial charge on any atom is 0.121 e. The minimum atomic E-state index is 0.441. The van der Waals surface area contributed by atoms with Crippen LogP contribution in [0.4, 0.5) is 0 Å². The molecule has 0 radical (unpaired) electrons. The fourth-order valence-corrected chi connectivity index (χ4v) is 2.76. The number of rotatable bonds is 3. The van der Waals surface area contributed by atoms with E-state index in [1.807, 2.05) is 0 Å². The summed E-state index contributed by atoms with van der Waals surface area (Å²) in [7, 11) is 1.79. The molecule has 0 atom stereocenters. The number of hydrogen-bond donors (Lipinski definition) is 0. The average Bonchev–Trinajstić information content (AvgIpc) is 2.66. The second-order valence-electron chi connectivity index (χ2n) is 4.98. The van der Waals surface area contributed by atoms with Crippen LogP contribution in [0.2, 0.25) is 0 Å². The molecule has 0 aromatic heterocycles. The van der Waals surface area contributed by atoms with Crippen molar-refractivity contribution in [3.63, 3.8) is 0 Å². The average molecular weight is 231 g/mol. The molecule has 0 aromatic rings. The molecule has 0 unspecified atom stereocenters. The van der Waals surface area contributed by atoms with Crippen molar-refractivity contribution in [2.24, 2.45) is 0 Å². The van der Waals surface area contributed by atoms with Crippen molar-refractivity contribution < 1.29 is 9.31 Å². The van der Waals surface area contributed by atoms with Crippen molar-refractivity contribution in [3.05, 3.63) is 35.8 Å². The smallest absolute Gasteiger partial charge is 0.121 e. The Kier molecular flexibility index (Phi) is 2.73. The molecule has 3 nitrogen and oxygen atoms in total. The summed E-state index contributed by atoms with van der Waals surface area (Å²) in [6, 6.07) is 1.31. The Morgan fingerprint density at radius 2 is 2.47 bits per heavy atom. The molecule has 3 rings (SSSR count). The second-order valence-corrected chi connectivity index (χ2v) is 4.98. The van der Waals surface area contributed by atoms with Gasteiger partial charge in [0.25, 0.3) is 0 Å². The van der Waals surface area contributed by atoms with Gasteiger partial charge in [-0.2, -0.15) is 11.6 Å². The van der Waals surface area contributed by atoms with E-state index in [0.717, 1.165) is 32.6 Å². The number of allylic oxidation sites excluding steroid dienone is 1. The number of fused-ring (bicyclic) bond motifs is 1. The first-order valence-electron chi connectivity index (χ1n) is 6.22. The van der Waals surface area contributed by atoms with E-state index in [1.54, 1.807) is 7.11 Å². The lowest BCUT2D eigenvalue weighted by atomic mass is 9.92. The Morgan fingerprint density at radius 1 is 1.65 bits per heavy atom. The third-order valence-electron chi connectivity index (χ3n) is 3.87. The van der Waals surface area contributed by atoms with E-state index >= 15 is 0 Å². The zero-order valence-corrected chi connectivity index (χ0v) is 10.4. The summed E-state index contributed by atoms with van der Waals surface area (Å²) >= 11 is 0. The highest BCUT2D eigenvalue weighted by Gasteiger charge is 2.27. The molecule has 1 aliphatic carbocycles. The van der Waals surface area contributed by atoms with Crippen LogP contribution >= 0.6 is 0 Å². The molecule has 0 N–H and O–H groups in total. The minimum Gasteiger partial charge on any atom is -0.379 e. The van der Waals surface area contributed by atoms with Crippen molar-refractivity contribution in [2.75, 3.05) is 33.3 Å². The van der Waals surface area contributed by atoms with Gasteiger partial charge in [-0.1, -0.05) is 0 Å². The van der Waals surface area contributed by atoms with Crippen LogP contribution in [-0.2, 0) is 4.74 Å². The maximum absolute atomic E-state index is 5.30. The summed E-state index contributed by atoms with van der Waals surface area (Å²) in [5, 5.41) is 0. The van der Waals surface area contributed by atoms with E-state index < -0.39 is 0 Å². The quantitative estimate of drug-likeness (QED) is 0.532. The molecule has 92 valence electrons. The molecule has 0 aromatic carbocycles. The highest BCUT2D eigenvalue weighted by Crippen LogP contribution is 2.35. The summed E-state index contributed by atoms with van der Waals surface area (Å²) in [4.78, 5) is 2.44. The Hall–Kier alpha value is -1.19. The summed E-state index contributed by atoms with van der Waals surface area (Å²) in [5.41, 5.74) is 2.95. The van der Waals surface area contributed by atoms with Crippen molar-refractivity contribution in [3.8, 4) is 0 Å². The van der Waals surface area contributed by atoms with E-state index in [2.05, 4.69) is 34.8 Å². The molecule has 0 bridgehead atoms. The zero-order valence-electron chi connectivity index (χ0n) is 10.4. The van der Waals surface area contributed by atoms with E-state index in [4.69, 9.17) is 4.74 Å². The summed E-state index contributed by atoms with van der Waals surface area (Å²) in [6.45, 7) is 8.29. The third-order valence-corrected chi connectivity index (χ3v) is 3.87. The molecular weight excluding hydrogens is 212 g/mol. The lowest BCUT2D eigenvalue weighted by Gasteiger charge is -2.42. The minimum absolute atomic E-state index is 0.441. The molecule has 17 heavy (non-hydrogen) atoms. The van der Waals surface area contributed by atoms with Gasteiger partial charge in [0.15, 0.2) is 0 Å². The summed E-state index contributed by atoms with van der Waals surface area (Å²) in [6.07, 6.45) is 8.14.